The molecule has 1 aromatic heterocycles. The number of primary amides is 1. The summed E-state index contributed by atoms with van der Waals surface area (Å²) in [6, 6.07) is 9.85. The third-order valence-corrected chi connectivity index (χ3v) is 4.96. The maximum absolute atomic E-state index is 11.2. The van der Waals surface area contributed by atoms with Gasteiger partial charge in [0.1, 0.15) is 11.6 Å². The predicted octanol–water partition coefficient (Wildman–Crippen LogP) is 3.30. The van der Waals surface area contributed by atoms with Crippen LogP contribution in [0.4, 0.5) is 5.82 Å². The zero-order chi connectivity index (χ0) is 17.8. The topological polar surface area (TPSA) is 68.4 Å². The number of benzene rings is 1. The number of nitrogens with two attached hydrogens (primary N) is 1. The molecule has 1 aliphatic heterocycles. The highest BCUT2D eigenvalue weighted by molar-refractivity contribution is 6.33. The van der Waals surface area contributed by atoms with E-state index in [0.717, 1.165) is 43.9 Å². The van der Waals surface area contributed by atoms with Crippen molar-refractivity contribution in [3.05, 3.63) is 52.7 Å². The number of nitrogens with zero attached hydrogens (tertiary/aromatic N) is 2. The van der Waals surface area contributed by atoms with Crippen molar-refractivity contribution in [3.8, 4) is 5.75 Å². The Kier molecular flexibility index (Phi) is 5.43. The van der Waals surface area contributed by atoms with Gasteiger partial charge in [-0.1, -0.05) is 23.7 Å². The first-order valence-electron chi connectivity index (χ1n) is 8.40. The molecule has 3 rings (SSSR count). The van der Waals surface area contributed by atoms with Gasteiger partial charge < -0.3 is 15.4 Å². The van der Waals surface area contributed by atoms with E-state index in [1.54, 1.807) is 13.2 Å². The Morgan fingerprint density at radius 2 is 2.12 bits per heavy atom. The molecule has 5 nitrogen and oxygen atoms in total. The van der Waals surface area contributed by atoms with Crippen molar-refractivity contribution in [3.63, 3.8) is 0 Å². The van der Waals surface area contributed by atoms with Crippen molar-refractivity contribution in [2.45, 2.75) is 19.3 Å². The summed E-state index contributed by atoms with van der Waals surface area (Å²) in [6.45, 7) is 1.80. The number of aromatic nitrogens is 1. The Hall–Kier alpha value is -2.27. The largest absolute Gasteiger partial charge is 0.497 e. The van der Waals surface area contributed by atoms with Crippen LogP contribution in [0.5, 0.6) is 5.75 Å². The zero-order valence-electron chi connectivity index (χ0n) is 14.2. The highest BCUT2D eigenvalue weighted by Gasteiger charge is 2.22. The molecule has 132 valence electrons. The molecule has 0 atom stereocenters. The Morgan fingerprint density at radius 1 is 1.36 bits per heavy atom. The zero-order valence-corrected chi connectivity index (χ0v) is 15.0. The molecule has 1 amide bonds. The van der Waals surface area contributed by atoms with Gasteiger partial charge in [0.25, 0.3) is 0 Å². The SMILES string of the molecule is COc1cccc(CC2CCN(c3ncc(C(N)=O)cc3Cl)CC2)c1. The molecular weight excluding hydrogens is 338 g/mol. The van der Waals surface area contributed by atoms with E-state index < -0.39 is 5.91 Å². The highest BCUT2D eigenvalue weighted by Crippen LogP contribution is 2.30. The molecule has 0 spiro atoms. The van der Waals surface area contributed by atoms with Crippen LogP contribution in [0.25, 0.3) is 0 Å². The molecule has 1 saturated heterocycles. The molecular formula is C19H22ClN3O2. The molecule has 0 bridgehead atoms. The van der Waals surface area contributed by atoms with Gasteiger partial charge in [0.2, 0.25) is 5.91 Å². The van der Waals surface area contributed by atoms with Crippen LogP contribution in [0.1, 0.15) is 28.8 Å². The summed E-state index contributed by atoms with van der Waals surface area (Å²) < 4.78 is 5.29. The fourth-order valence-corrected chi connectivity index (χ4v) is 3.57. The number of methoxy groups -OCH3 is 1. The summed E-state index contributed by atoms with van der Waals surface area (Å²) in [7, 11) is 1.69. The molecule has 1 aliphatic rings. The van der Waals surface area contributed by atoms with E-state index in [1.807, 2.05) is 12.1 Å². The van der Waals surface area contributed by atoms with Gasteiger partial charge in [0, 0.05) is 19.3 Å². The van der Waals surface area contributed by atoms with Gasteiger partial charge in [-0.3, -0.25) is 4.79 Å². The van der Waals surface area contributed by atoms with E-state index in [4.69, 9.17) is 22.1 Å². The maximum atomic E-state index is 11.2. The first kappa shape index (κ1) is 17.5. The van der Waals surface area contributed by atoms with E-state index in [0.29, 0.717) is 16.5 Å². The monoisotopic (exact) mass is 359 g/mol. The number of piperidine rings is 1. The summed E-state index contributed by atoms with van der Waals surface area (Å²) in [5.41, 5.74) is 6.90. The standard InChI is InChI=1S/C19H22ClN3O2/c1-25-16-4-2-3-14(10-16)9-13-5-7-23(8-6-13)19-17(20)11-15(12-22-19)18(21)24/h2-4,10-13H,5-9H2,1H3,(H2,21,24). The number of pyridine rings is 1. The number of rotatable bonds is 5. The van der Waals surface area contributed by atoms with E-state index in [9.17, 15) is 4.79 Å². The van der Waals surface area contributed by atoms with Gasteiger partial charge in [-0.25, -0.2) is 4.98 Å². The summed E-state index contributed by atoms with van der Waals surface area (Å²) in [4.78, 5) is 17.7. The quantitative estimate of drug-likeness (QED) is 0.889. The second-order valence-corrected chi connectivity index (χ2v) is 6.79. The molecule has 0 saturated carbocycles. The Bertz CT molecular complexity index is 758. The predicted molar refractivity (Wildman–Crippen MR) is 99.4 cm³/mol. The van der Waals surface area contributed by atoms with Crippen LogP contribution < -0.4 is 15.4 Å². The molecule has 1 aromatic carbocycles. The lowest BCUT2D eigenvalue weighted by Crippen LogP contribution is -2.35. The summed E-state index contributed by atoms with van der Waals surface area (Å²) >= 11 is 6.28. The van der Waals surface area contributed by atoms with Crippen LogP contribution >= 0.6 is 11.6 Å². The van der Waals surface area contributed by atoms with E-state index in [1.165, 1.54) is 11.8 Å². The molecule has 0 unspecified atom stereocenters. The smallest absolute Gasteiger partial charge is 0.250 e. The van der Waals surface area contributed by atoms with Gasteiger partial charge in [-0.15, -0.1) is 0 Å². The van der Waals surface area contributed by atoms with Crippen molar-refractivity contribution in [1.82, 2.24) is 4.98 Å². The summed E-state index contributed by atoms with van der Waals surface area (Å²) in [5.74, 6) is 1.75. The molecule has 0 aliphatic carbocycles. The molecule has 6 heteroatoms. The number of hydrogen-bond acceptors (Lipinski definition) is 4. The van der Waals surface area contributed by atoms with Gasteiger partial charge in [0.05, 0.1) is 17.7 Å². The van der Waals surface area contributed by atoms with Gasteiger partial charge >= 0.3 is 0 Å². The van der Waals surface area contributed by atoms with Crippen LogP contribution in [-0.4, -0.2) is 31.1 Å². The van der Waals surface area contributed by atoms with Crippen molar-refractivity contribution in [2.24, 2.45) is 11.7 Å². The molecule has 25 heavy (non-hydrogen) atoms. The first-order chi connectivity index (χ1) is 12.1. The summed E-state index contributed by atoms with van der Waals surface area (Å²) in [5, 5.41) is 0.475. The fourth-order valence-electron chi connectivity index (χ4n) is 3.28. The number of hydrogen-bond donors (Lipinski definition) is 1. The van der Waals surface area contributed by atoms with E-state index in [-0.39, 0.29) is 0 Å². The lowest BCUT2D eigenvalue weighted by Gasteiger charge is -2.33. The Balaban J connectivity index is 1.61. The van der Waals surface area contributed by atoms with Crippen molar-refractivity contribution < 1.29 is 9.53 Å². The molecule has 2 aromatic rings. The molecule has 2 heterocycles. The van der Waals surface area contributed by atoms with Gasteiger partial charge in [-0.05, 0) is 48.9 Å². The minimum Gasteiger partial charge on any atom is -0.497 e. The number of ether oxygens (including phenoxy) is 1. The third-order valence-electron chi connectivity index (χ3n) is 4.68. The number of halogens is 1. The van der Waals surface area contributed by atoms with Crippen LogP contribution in [0.2, 0.25) is 5.02 Å². The van der Waals surface area contributed by atoms with Crippen LogP contribution in [0.15, 0.2) is 36.5 Å². The second-order valence-electron chi connectivity index (χ2n) is 6.38. The van der Waals surface area contributed by atoms with Crippen molar-refractivity contribution in [2.75, 3.05) is 25.1 Å². The van der Waals surface area contributed by atoms with E-state index >= 15 is 0 Å². The maximum Gasteiger partial charge on any atom is 0.250 e. The third kappa shape index (κ3) is 4.23. The number of anilines is 1. The highest BCUT2D eigenvalue weighted by atomic mass is 35.5. The number of carbonyl (C=O) groups is 1. The lowest BCUT2D eigenvalue weighted by molar-refractivity contribution is 0.1000. The van der Waals surface area contributed by atoms with E-state index in [2.05, 4.69) is 22.0 Å². The average molecular weight is 360 g/mol. The Morgan fingerprint density at radius 3 is 2.76 bits per heavy atom. The van der Waals surface area contributed by atoms with Crippen molar-refractivity contribution >= 4 is 23.3 Å². The first-order valence-corrected chi connectivity index (χ1v) is 8.78. The van der Waals surface area contributed by atoms with Gasteiger partial charge in [0.15, 0.2) is 0 Å². The number of amides is 1. The van der Waals surface area contributed by atoms with Crippen LogP contribution in [0, 0.1) is 5.92 Å². The normalized spacial score (nSPS) is 15.2. The fraction of sp³-hybridized carbons (Fsp3) is 0.368. The minimum absolute atomic E-state index is 0.335. The average Bonchev–Trinajstić information content (AvgIpc) is 2.62. The summed E-state index contributed by atoms with van der Waals surface area (Å²) in [6.07, 6.45) is 4.69. The molecule has 1 fully saturated rings. The molecule has 2 N–H and O–H groups in total. The number of carbonyl (C=O) groups excluding carboxylic acids is 1. The van der Waals surface area contributed by atoms with Crippen LogP contribution in [-0.2, 0) is 6.42 Å². The van der Waals surface area contributed by atoms with Gasteiger partial charge in [-0.2, -0.15) is 0 Å². The van der Waals surface area contributed by atoms with Crippen LogP contribution in [0.3, 0.4) is 0 Å². The second kappa shape index (κ2) is 7.74. The molecule has 0 radical (unpaired) electrons. The lowest BCUT2D eigenvalue weighted by atomic mass is 9.90. The van der Waals surface area contributed by atoms with Crippen molar-refractivity contribution in [1.29, 1.82) is 0 Å². The minimum atomic E-state index is -0.516. The Labute approximate surface area is 152 Å².